The Labute approximate surface area is 145 Å². The molecule has 2 aromatic rings. The van der Waals surface area contributed by atoms with E-state index in [2.05, 4.69) is 23.2 Å². The van der Waals surface area contributed by atoms with Gasteiger partial charge in [0.1, 0.15) is 0 Å². The molecule has 1 aromatic carbocycles. The third-order valence-corrected chi connectivity index (χ3v) is 7.47. The molecule has 1 amide bonds. The lowest BCUT2D eigenvalue weighted by Crippen LogP contribution is -2.36. The van der Waals surface area contributed by atoms with Crippen LogP contribution in [0.4, 0.5) is 5.13 Å². The summed E-state index contributed by atoms with van der Waals surface area (Å²) in [4.78, 5) is 18.6. The number of aryl methyl sites for hydroxylation is 2. The molecule has 0 unspecified atom stereocenters. The van der Waals surface area contributed by atoms with Crippen molar-refractivity contribution in [1.82, 2.24) is 4.98 Å². The lowest BCUT2D eigenvalue weighted by molar-refractivity contribution is -0.117. The molecule has 24 heavy (non-hydrogen) atoms. The number of hydrogen-bond donors (Lipinski definition) is 0. The second-order valence-electron chi connectivity index (χ2n) is 6.71. The maximum Gasteiger partial charge on any atom is 0.229 e. The molecule has 3 heterocycles. The van der Waals surface area contributed by atoms with Crippen molar-refractivity contribution in [3.8, 4) is 11.3 Å². The average molecular weight is 362 g/mol. The van der Waals surface area contributed by atoms with E-state index in [1.54, 1.807) is 4.90 Å². The summed E-state index contributed by atoms with van der Waals surface area (Å²) in [5.74, 6) is 0.0778. The highest BCUT2D eigenvalue weighted by molar-refractivity contribution is 7.91. The van der Waals surface area contributed by atoms with Crippen molar-refractivity contribution < 1.29 is 13.2 Å². The number of amides is 1. The number of carbonyl (C=O) groups is 1. The van der Waals surface area contributed by atoms with E-state index >= 15 is 0 Å². The molecule has 0 spiro atoms. The number of rotatable bonds is 2. The fourth-order valence-electron chi connectivity index (χ4n) is 3.65. The molecule has 2 atom stereocenters. The Hall–Kier alpha value is -1.73. The van der Waals surface area contributed by atoms with Crippen LogP contribution in [0.2, 0.25) is 0 Å². The van der Waals surface area contributed by atoms with Gasteiger partial charge in [0.2, 0.25) is 5.91 Å². The fraction of sp³-hybridized carbons (Fsp3) is 0.412. The van der Waals surface area contributed by atoms with E-state index in [9.17, 15) is 13.2 Å². The number of thiazole rings is 1. The third kappa shape index (κ3) is 2.56. The van der Waals surface area contributed by atoms with Gasteiger partial charge in [0.15, 0.2) is 15.0 Å². The number of benzene rings is 1. The quantitative estimate of drug-likeness (QED) is 0.823. The zero-order valence-electron chi connectivity index (χ0n) is 13.5. The van der Waals surface area contributed by atoms with Crippen LogP contribution in [0, 0.1) is 19.8 Å². The number of hydrogen-bond acceptors (Lipinski definition) is 5. The van der Waals surface area contributed by atoms with E-state index in [1.807, 2.05) is 19.2 Å². The Morgan fingerprint density at radius 1 is 1.25 bits per heavy atom. The van der Waals surface area contributed by atoms with Gasteiger partial charge in [0, 0.05) is 23.3 Å². The first-order valence-electron chi connectivity index (χ1n) is 7.90. The first kappa shape index (κ1) is 15.8. The smallest absolute Gasteiger partial charge is 0.229 e. The molecule has 0 bridgehead atoms. The number of sulfone groups is 1. The average Bonchev–Trinajstić information content (AvgIpc) is 3.13. The molecule has 4 rings (SSSR count). The minimum absolute atomic E-state index is 0.0123. The molecule has 0 saturated carbocycles. The van der Waals surface area contributed by atoms with Crippen LogP contribution < -0.4 is 4.90 Å². The van der Waals surface area contributed by atoms with E-state index in [-0.39, 0.29) is 29.4 Å². The summed E-state index contributed by atoms with van der Waals surface area (Å²) in [5.41, 5.74) is 4.18. The zero-order chi connectivity index (χ0) is 17.1. The van der Waals surface area contributed by atoms with Gasteiger partial charge in [-0.15, -0.1) is 11.3 Å². The van der Waals surface area contributed by atoms with Crippen molar-refractivity contribution in [2.45, 2.75) is 26.3 Å². The Bertz CT molecular complexity index is 933. The van der Waals surface area contributed by atoms with E-state index < -0.39 is 9.84 Å². The molecular formula is C17H18N2O3S2. The lowest BCUT2D eigenvalue weighted by Gasteiger charge is -2.19. The molecule has 7 heteroatoms. The van der Waals surface area contributed by atoms with E-state index in [4.69, 9.17) is 0 Å². The number of carbonyl (C=O) groups excluding carboxylic acids is 1. The lowest BCUT2D eigenvalue weighted by atomic mass is 10.0. The van der Waals surface area contributed by atoms with Gasteiger partial charge < -0.3 is 0 Å². The summed E-state index contributed by atoms with van der Waals surface area (Å²) in [7, 11) is -3.04. The molecule has 2 aliphatic rings. The molecule has 2 saturated heterocycles. The first-order valence-corrected chi connectivity index (χ1v) is 10.6. The predicted octanol–water partition coefficient (Wildman–Crippen LogP) is 2.58. The molecule has 0 radical (unpaired) electrons. The largest absolute Gasteiger partial charge is 0.284 e. The highest BCUT2D eigenvalue weighted by Crippen LogP contribution is 2.39. The van der Waals surface area contributed by atoms with Crippen LogP contribution in [0.5, 0.6) is 0 Å². The van der Waals surface area contributed by atoms with Gasteiger partial charge in [0.05, 0.1) is 23.2 Å². The predicted molar refractivity (Wildman–Crippen MR) is 95.1 cm³/mol. The Balaban J connectivity index is 1.70. The van der Waals surface area contributed by atoms with E-state index in [1.165, 1.54) is 11.3 Å². The molecule has 5 nitrogen and oxygen atoms in total. The van der Waals surface area contributed by atoms with Crippen molar-refractivity contribution >= 4 is 32.2 Å². The minimum atomic E-state index is -3.04. The topological polar surface area (TPSA) is 67.3 Å². The zero-order valence-corrected chi connectivity index (χ0v) is 15.2. The molecular weight excluding hydrogens is 344 g/mol. The highest BCUT2D eigenvalue weighted by atomic mass is 32.2. The summed E-state index contributed by atoms with van der Waals surface area (Å²) < 4.78 is 23.8. The number of aromatic nitrogens is 1. The molecule has 1 aromatic heterocycles. The fourth-order valence-corrected chi connectivity index (χ4v) is 6.62. The Morgan fingerprint density at radius 2 is 2.04 bits per heavy atom. The van der Waals surface area contributed by atoms with Crippen LogP contribution in [-0.2, 0) is 14.6 Å². The third-order valence-electron chi connectivity index (χ3n) is 4.84. The molecule has 2 fully saturated rings. The first-order chi connectivity index (χ1) is 11.3. The highest BCUT2D eigenvalue weighted by Gasteiger charge is 2.50. The Morgan fingerprint density at radius 3 is 2.83 bits per heavy atom. The van der Waals surface area contributed by atoms with Gasteiger partial charge >= 0.3 is 0 Å². The van der Waals surface area contributed by atoms with Crippen LogP contribution in [0.3, 0.4) is 0 Å². The standard InChI is InChI=1S/C17H18N2O3S2/c1-10-3-4-11(2)13(5-10)14-7-23-17(18-14)19-15-9-24(21,22)8-12(15)6-16(19)20/h3-5,7,12,15H,6,8-9H2,1-2H3/t12-,15+/m0/s1. The monoisotopic (exact) mass is 362 g/mol. The molecule has 126 valence electrons. The molecule has 0 aliphatic carbocycles. The van der Waals surface area contributed by atoms with Gasteiger partial charge in [-0.1, -0.05) is 17.7 Å². The number of nitrogens with zero attached hydrogens (tertiary/aromatic N) is 2. The number of fused-ring (bicyclic) bond motifs is 1. The van der Waals surface area contributed by atoms with Gasteiger partial charge in [0.25, 0.3) is 0 Å². The SMILES string of the molecule is Cc1ccc(C)c(-c2csc(N3C(=O)C[C@H]4CS(=O)(=O)C[C@H]43)n2)c1. The summed E-state index contributed by atoms with van der Waals surface area (Å²) >= 11 is 1.41. The molecule has 2 aliphatic heterocycles. The summed E-state index contributed by atoms with van der Waals surface area (Å²) in [6, 6.07) is 5.96. The van der Waals surface area contributed by atoms with E-state index in [0.717, 1.165) is 22.4 Å². The van der Waals surface area contributed by atoms with Crippen molar-refractivity contribution in [3.05, 3.63) is 34.7 Å². The van der Waals surface area contributed by atoms with E-state index in [0.29, 0.717) is 11.6 Å². The van der Waals surface area contributed by atoms with Crippen LogP contribution in [0.25, 0.3) is 11.3 Å². The van der Waals surface area contributed by atoms with Gasteiger partial charge in [-0.25, -0.2) is 13.4 Å². The minimum Gasteiger partial charge on any atom is -0.284 e. The maximum atomic E-state index is 12.4. The van der Waals surface area contributed by atoms with Gasteiger partial charge in [-0.05, 0) is 25.5 Å². The summed E-state index contributed by atoms with van der Waals surface area (Å²) in [5, 5.41) is 2.56. The maximum absolute atomic E-state index is 12.4. The van der Waals surface area contributed by atoms with Gasteiger partial charge in [-0.2, -0.15) is 0 Å². The van der Waals surface area contributed by atoms with Crippen molar-refractivity contribution in [1.29, 1.82) is 0 Å². The van der Waals surface area contributed by atoms with Gasteiger partial charge in [-0.3, -0.25) is 9.69 Å². The van der Waals surface area contributed by atoms with Crippen LogP contribution in [0.1, 0.15) is 17.5 Å². The second kappa shape index (κ2) is 5.39. The van der Waals surface area contributed by atoms with Crippen LogP contribution in [0.15, 0.2) is 23.6 Å². The normalized spacial score (nSPS) is 25.2. The summed E-state index contributed by atoms with van der Waals surface area (Å²) in [6.07, 6.45) is 0.308. The number of anilines is 1. The van der Waals surface area contributed by atoms with Crippen LogP contribution in [-0.4, -0.2) is 36.9 Å². The molecule has 0 N–H and O–H groups in total. The van der Waals surface area contributed by atoms with Crippen LogP contribution >= 0.6 is 11.3 Å². The second-order valence-corrected chi connectivity index (χ2v) is 9.70. The Kier molecular flexibility index (Phi) is 3.54. The summed E-state index contributed by atoms with van der Waals surface area (Å²) in [6.45, 7) is 4.07. The van der Waals surface area contributed by atoms with Crippen molar-refractivity contribution in [3.63, 3.8) is 0 Å². The van der Waals surface area contributed by atoms with Crippen molar-refractivity contribution in [2.75, 3.05) is 16.4 Å². The van der Waals surface area contributed by atoms with Crippen molar-refractivity contribution in [2.24, 2.45) is 5.92 Å².